The average Bonchev–Trinajstić information content (AvgIpc) is 2.62. The molecule has 4 heteroatoms. The van der Waals surface area contributed by atoms with Gasteiger partial charge in [0.05, 0.1) is 0 Å². The van der Waals surface area contributed by atoms with Gasteiger partial charge in [0.2, 0.25) is 0 Å². The van der Waals surface area contributed by atoms with Gasteiger partial charge in [0.15, 0.2) is 0 Å². The third-order valence-corrected chi connectivity index (χ3v) is 6.93. The van der Waals surface area contributed by atoms with Gasteiger partial charge < -0.3 is 13.3 Å². The topological polar surface area (TPSA) is 27.7 Å². The smallest absolute Gasteiger partial charge is 0.370 e. The lowest BCUT2D eigenvalue weighted by atomic mass is 10.1. The van der Waals surface area contributed by atoms with E-state index < -0.39 is 8.80 Å². The van der Waals surface area contributed by atoms with Crippen LogP contribution in [0.25, 0.3) is 5.57 Å². The van der Waals surface area contributed by atoms with Crippen LogP contribution in [0.3, 0.4) is 0 Å². The van der Waals surface area contributed by atoms with Crippen molar-refractivity contribution in [1.82, 2.24) is 0 Å². The molecule has 0 bridgehead atoms. The highest BCUT2D eigenvalue weighted by Gasteiger charge is 2.45. The summed E-state index contributed by atoms with van der Waals surface area (Å²) >= 11 is 0. The van der Waals surface area contributed by atoms with E-state index in [0.717, 1.165) is 54.8 Å². The van der Waals surface area contributed by atoms with Crippen LogP contribution in [-0.4, -0.2) is 28.6 Å². The fraction of sp³-hybridized carbons (Fsp3) is 0.619. The first-order valence-corrected chi connectivity index (χ1v) is 11.5. The molecular weight excluding hydrogens is 328 g/mol. The molecule has 1 aromatic carbocycles. The fourth-order valence-corrected chi connectivity index (χ4v) is 5.42. The molecule has 3 nitrogen and oxygen atoms in total. The van der Waals surface area contributed by atoms with E-state index in [0.29, 0.717) is 19.8 Å². The maximum atomic E-state index is 6.39. The predicted octanol–water partition coefficient (Wildman–Crippen LogP) is 5.32. The van der Waals surface area contributed by atoms with Crippen molar-refractivity contribution in [3.05, 3.63) is 36.4 Å². The normalized spacial score (nSPS) is 11.7. The minimum atomic E-state index is -2.95. The molecule has 0 N–H and O–H groups in total. The fourth-order valence-electron chi connectivity index (χ4n) is 2.53. The predicted molar refractivity (Wildman–Crippen MR) is 109 cm³/mol. The molecule has 0 heterocycles. The molecule has 0 aliphatic heterocycles. The Kier molecular flexibility index (Phi) is 11.0. The van der Waals surface area contributed by atoms with Crippen molar-refractivity contribution in [2.24, 2.45) is 0 Å². The van der Waals surface area contributed by atoms with Crippen LogP contribution in [0.2, 0.25) is 0 Å². The number of hydrogen-bond acceptors (Lipinski definition) is 3. The highest BCUT2D eigenvalue weighted by Crippen LogP contribution is 2.19. The summed E-state index contributed by atoms with van der Waals surface area (Å²) in [5.74, 6) is 0. The minimum Gasteiger partial charge on any atom is -0.370 e. The molecule has 0 aliphatic carbocycles. The van der Waals surface area contributed by atoms with Gasteiger partial charge in [-0.3, -0.25) is 0 Å². The van der Waals surface area contributed by atoms with E-state index in [1.54, 1.807) is 0 Å². The molecule has 0 radical (unpaired) electrons. The second kappa shape index (κ2) is 12.4. The van der Waals surface area contributed by atoms with Crippen molar-refractivity contribution in [2.45, 2.75) is 66.2 Å². The SMILES string of the molecule is C=C(C)c1ccccc1[Si](OCCCC)(OCCCC)OCCCC. The molecule has 0 saturated heterocycles. The quantitative estimate of drug-likeness (QED) is 0.330. The minimum absolute atomic E-state index is 0.672. The Bertz CT molecular complexity index is 475. The van der Waals surface area contributed by atoms with Crippen molar-refractivity contribution < 1.29 is 13.3 Å². The first-order chi connectivity index (χ1) is 12.1. The van der Waals surface area contributed by atoms with Crippen LogP contribution in [0.15, 0.2) is 30.8 Å². The maximum Gasteiger partial charge on any atom is 0.537 e. The number of rotatable bonds is 14. The van der Waals surface area contributed by atoms with E-state index in [1.807, 2.05) is 19.1 Å². The molecule has 1 aromatic rings. The summed E-state index contributed by atoms with van der Waals surface area (Å²) in [5, 5.41) is 1.06. The van der Waals surface area contributed by atoms with Crippen LogP contribution in [0, 0.1) is 0 Å². The molecule has 0 spiro atoms. The average molecular weight is 365 g/mol. The molecule has 0 unspecified atom stereocenters. The van der Waals surface area contributed by atoms with Gasteiger partial charge in [0.1, 0.15) is 0 Å². The van der Waals surface area contributed by atoms with Gasteiger partial charge in [-0.1, -0.05) is 76.5 Å². The molecule has 0 saturated carbocycles. The molecule has 0 amide bonds. The Hall–Kier alpha value is -0.943. The highest BCUT2D eigenvalue weighted by atomic mass is 28.4. The van der Waals surface area contributed by atoms with Gasteiger partial charge in [0.25, 0.3) is 0 Å². The molecule has 0 aliphatic rings. The van der Waals surface area contributed by atoms with Gasteiger partial charge in [-0.25, -0.2) is 0 Å². The monoisotopic (exact) mass is 364 g/mol. The van der Waals surface area contributed by atoms with Crippen LogP contribution in [0.5, 0.6) is 0 Å². The second-order valence-electron chi connectivity index (χ2n) is 6.49. The molecule has 0 atom stereocenters. The van der Waals surface area contributed by atoms with E-state index in [2.05, 4.69) is 39.5 Å². The Morgan fingerprint density at radius 2 is 1.28 bits per heavy atom. The lowest BCUT2D eigenvalue weighted by molar-refractivity contribution is 0.0700. The molecule has 0 aromatic heterocycles. The summed E-state index contributed by atoms with van der Waals surface area (Å²) in [6, 6.07) is 8.27. The summed E-state index contributed by atoms with van der Waals surface area (Å²) < 4.78 is 19.2. The largest absolute Gasteiger partial charge is 0.537 e. The van der Waals surface area contributed by atoms with E-state index in [1.165, 1.54) is 0 Å². The Morgan fingerprint density at radius 3 is 1.68 bits per heavy atom. The summed E-state index contributed by atoms with van der Waals surface area (Å²) in [5.41, 5.74) is 2.11. The third kappa shape index (κ3) is 7.06. The van der Waals surface area contributed by atoms with Gasteiger partial charge in [-0.05, 0) is 31.7 Å². The first-order valence-electron chi connectivity index (χ1n) is 9.78. The number of hydrogen-bond donors (Lipinski definition) is 0. The van der Waals surface area contributed by atoms with Crippen LogP contribution in [0.1, 0.15) is 71.8 Å². The lowest BCUT2D eigenvalue weighted by Gasteiger charge is -2.31. The molecular formula is C21H36O3Si. The Balaban J connectivity index is 3.21. The van der Waals surface area contributed by atoms with Gasteiger partial charge in [0, 0.05) is 25.0 Å². The molecule has 1 rings (SSSR count). The third-order valence-electron chi connectivity index (χ3n) is 4.09. The Labute approximate surface area is 155 Å². The number of unbranched alkanes of at least 4 members (excludes halogenated alkanes) is 3. The maximum absolute atomic E-state index is 6.39. The van der Waals surface area contributed by atoms with Crippen LogP contribution < -0.4 is 5.19 Å². The standard InChI is InChI=1S/C21H36O3Si/c1-6-9-16-22-25(23-17-10-7-2,24-18-11-8-3)21-15-13-12-14-20(21)19(4)5/h12-15H,4,6-11,16-18H2,1-3,5H3. The number of benzene rings is 1. The zero-order chi connectivity index (χ0) is 18.5. The zero-order valence-electron chi connectivity index (χ0n) is 16.6. The second-order valence-corrected chi connectivity index (χ2v) is 9.01. The zero-order valence-corrected chi connectivity index (χ0v) is 17.6. The van der Waals surface area contributed by atoms with Crippen LogP contribution >= 0.6 is 0 Å². The van der Waals surface area contributed by atoms with Gasteiger partial charge in [-0.15, -0.1) is 0 Å². The van der Waals surface area contributed by atoms with E-state index in [-0.39, 0.29) is 0 Å². The highest BCUT2D eigenvalue weighted by molar-refractivity contribution is 6.76. The summed E-state index contributed by atoms with van der Waals surface area (Å²) in [6.07, 6.45) is 6.32. The van der Waals surface area contributed by atoms with Gasteiger partial charge in [-0.2, -0.15) is 0 Å². The van der Waals surface area contributed by atoms with Crippen molar-refractivity contribution >= 4 is 19.6 Å². The van der Waals surface area contributed by atoms with Crippen LogP contribution in [0.4, 0.5) is 0 Å². The van der Waals surface area contributed by atoms with E-state index in [4.69, 9.17) is 13.3 Å². The van der Waals surface area contributed by atoms with Crippen molar-refractivity contribution in [3.63, 3.8) is 0 Å². The first kappa shape index (κ1) is 22.1. The van der Waals surface area contributed by atoms with E-state index in [9.17, 15) is 0 Å². The van der Waals surface area contributed by atoms with Crippen molar-refractivity contribution in [3.8, 4) is 0 Å². The van der Waals surface area contributed by atoms with Gasteiger partial charge >= 0.3 is 8.80 Å². The van der Waals surface area contributed by atoms with Crippen molar-refractivity contribution in [1.29, 1.82) is 0 Å². The molecule has 0 fully saturated rings. The molecule has 25 heavy (non-hydrogen) atoms. The summed E-state index contributed by atoms with van der Waals surface area (Å²) in [4.78, 5) is 0. The molecule has 142 valence electrons. The lowest BCUT2D eigenvalue weighted by Crippen LogP contribution is -2.58. The Morgan fingerprint density at radius 1 is 0.840 bits per heavy atom. The number of allylic oxidation sites excluding steroid dienone is 1. The van der Waals surface area contributed by atoms with E-state index >= 15 is 0 Å². The summed E-state index contributed by atoms with van der Waals surface area (Å²) in [7, 11) is -2.95. The van der Waals surface area contributed by atoms with Crippen molar-refractivity contribution in [2.75, 3.05) is 19.8 Å². The summed E-state index contributed by atoms with van der Waals surface area (Å²) in [6.45, 7) is 14.7. The van der Waals surface area contributed by atoms with Crippen LogP contribution in [-0.2, 0) is 13.3 Å².